The van der Waals surface area contributed by atoms with Gasteiger partial charge in [-0.1, -0.05) is 35.9 Å². The van der Waals surface area contributed by atoms with Gasteiger partial charge < -0.3 is 5.32 Å². The summed E-state index contributed by atoms with van der Waals surface area (Å²) in [6.45, 7) is 3.84. The number of aryl methyl sites for hydroxylation is 1. The summed E-state index contributed by atoms with van der Waals surface area (Å²) in [5.41, 5.74) is 7.00. The van der Waals surface area contributed by atoms with E-state index in [1.165, 1.54) is 16.7 Å². The van der Waals surface area contributed by atoms with E-state index in [-0.39, 0.29) is 0 Å². The molecule has 0 bridgehead atoms. The third-order valence-electron chi connectivity index (χ3n) is 4.81. The van der Waals surface area contributed by atoms with E-state index in [9.17, 15) is 0 Å². The molecule has 3 nitrogen and oxygen atoms in total. The maximum absolute atomic E-state index is 6.06. The van der Waals surface area contributed by atoms with Gasteiger partial charge in [-0.2, -0.15) is 10.2 Å². The van der Waals surface area contributed by atoms with Crippen LogP contribution >= 0.6 is 11.6 Å². The molecule has 0 saturated carbocycles. The van der Waals surface area contributed by atoms with Crippen molar-refractivity contribution in [2.45, 2.75) is 25.8 Å². The second kappa shape index (κ2) is 6.95. The maximum Gasteiger partial charge on any atom is 0.0929 e. The Kier molecular flexibility index (Phi) is 4.51. The van der Waals surface area contributed by atoms with Crippen molar-refractivity contribution in [1.29, 1.82) is 0 Å². The highest BCUT2D eigenvalue weighted by atomic mass is 35.5. The van der Waals surface area contributed by atoms with Gasteiger partial charge in [0, 0.05) is 23.0 Å². The van der Waals surface area contributed by atoms with Crippen LogP contribution < -0.4 is 5.32 Å². The quantitative estimate of drug-likeness (QED) is 0.726. The first-order valence-corrected chi connectivity index (χ1v) is 8.98. The van der Waals surface area contributed by atoms with Gasteiger partial charge in [-0.25, -0.2) is 0 Å². The van der Waals surface area contributed by atoms with Gasteiger partial charge in [0.25, 0.3) is 0 Å². The summed E-state index contributed by atoms with van der Waals surface area (Å²) in [4.78, 5) is 0. The summed E-state index contributed by atoms with van der Waals surface area (Å²) in [5.74, 6) is 0.389. The third kappa shape index (κ3) is 3.44. The molecule has 1 aliphatic heterocycles. The first-order valence-electron chi connectivity index (χ1n) is 8.60. The summed E-state index contributed by atoms with van der Waals surface area (Å²) in [7, 11) is 0. The summed E-state index contributed by atoms with van der Waals surface area (Å²) >= 11 is 6.06. The lowest BCUT2D eigenvalue weighted by molar-refractivity contribution is 0.647. The highest BCUT2D eigenvalue weighted by Crippen LogP contribution is 2.34. The van der Waals surface area contributed by atoms with Crippen molar-refractivity contribution in [3.05, 3.63) is 82.0 Å². The molecule has 2 heterocycles. The fourth-order valence-electron chi connectivity index (χ4n) is 3.48. The van der Waals surface area contributed by atoms with Gasteiger partial charge in [0.15, 0.2) is 0 Å². The van der Waals surface area contributed by atoms with Crippen LogP contribution in [0.3, 0.4) is 0 Å². The molecule has 25 heavy (non-hydrogen) atoms. The Morgan fingerprint density at radius 2 is 1.84 bits per heavy atom. The molecule has 0 fully saturated rings. The number of aromatic nitrogens is 2. The van der Waals surface area contributed by atoms with Crippen molar-refractivity contribution in [3.63, 3.8) is 0 Å². The minimum atomic E-state index is 0.389. The Morgan fingerprint density at radius 1 is 1.00 bits per heavy atom. The second-order valence-corrected chi connectivity index (χ2v) is 6.98. The van der Waals surface area contributed by atoms with Gasteiger partial charge in [0.1, 0.15) is 0 Å². The maximum atomic E-state index is 6.06. The fourth-order valence-corrected chi connectivity index (χ4v) is 3.60. The lowest BCUT2D eigenvalue weighted by Gasteiger charge is -2.18. The topological polar surface area (TPSA) is 37.8 Å². The lowest BCUT2D eigenvalue weighted by Crippen LogP contribution is -2.12. The zero-order chi connectivity index (χ0) is 17.2. The minimum Gasteiger partial charge on any atom is -0.313 e. The molecule has 0 aliphatic carbocycles. The summed E-state index contributed by atoms with van der Waals surface area (Å²) < 4.78 is 0. The van der Waals surface area contributed by atoms with E-state index in [1.807, 2.05) is 31.2 Å². The van der Waals surface area contributed by atoms with E-state index in [4.69, 9.17) is 11.6 Å². The molecular weight excluding hydrogens is 330 g/mol. The first-order chi connectivity index (χ1) is 12.2. The largest absolute Gasteiger partial charge is 0.313 e. The van der Waals surface area contributed by atoms with Crippen LogP contribution in [0.5, 0.6) is 0 Å². The third-order valence-corrected chi connectivity index (χ3v) is 5.06. The lowest BCUT2D eigenvalue weighted by atomic mass is 9.86. The zero-order valence-electron chi connectivity index (χ0n) is 14.2. The standard InChI is InChI=1S/C21H20ClN3/c1-14-2-9-21(25-24-14)16-5-8-19-17(12-16)13-23-11-10-20(19)15-3-6-18(22)7-4-15/h2-9,12,20,23H,10-11,13H2,1H3. The summed E-state index contributed by atoms with van der Waals surface area (Å²) in [5, 5.41) is 12.8. The molecule has 1 N–H and O–H groups in total. The van der Waals surface area contributed by atoms with Crippen molar-refractivity contribution in [3.8, 4) is 11.3 Å². The van der Waals surface area contributed by atoms with E-state index in [0.717, 1.165) is 41.5 Å². The van der Waals surface area contributed by atoms with Crippen LogP contribution in [0.15, 0.2) is 54.6 Å². The highest BCUT2D eigenvalue weighted by molar-refractivity contribution is 6.30. The monoisotopic (exact) mass is 349 g/mol. The molecule has 3 aromatic rings. The number of benzene rings is 2. The van der Waals surface area contributed by atoms with Crippen LogP contribution in [-0.2, 0) is 6.54 Å². The number of hydrogen-bond donors (Lipinski definition) is 1. The molecule has 4 heteroatoms. The minimum absolute atomic E-state index is 0.389. The first kappa shape index (κ1) is 16.2. The molecule has 0 spiro atoms. The highest BCUT2D eigenvalue weighted by Gasteiger charge is 2.20. The Bertz CT molecular complexity index is 873. The van der Waals surface area contributed by atoms with E-state index < -0.39 is 0 Å². The van der Waals surface area contributed by atoms with Crippen LogP contribution in [-0.4, -0.2) is 16.7 Å². The summed E-state index contributed by atoms with van der Waals surface area (Å²) in [6.07, 6.45) is 1.08. The second-order valence-electron chi connectivity index (χ2n) is 6.54. The van der Waals surface area contributed by atoms with Crippen molar-refractivity contribution in [2.75, 3.05) is 6.54 Å². The van der Waals surface area contributed by atoms with Gasteiger partial charge in [-0.05, 0) is 66.9 Å². The number of hydrogen-bond acceptors (Lipinski definition) is 3. The van der Waals surface area contributed by atoms with Crippen LogP contribution in [0.25, 0.3) is 11.3 Å². The molecule has 1 atom stereocenters. The van der Waals surface area contributed by atoms with Gasteiger partial charge in [-0.15, -0.1) is 0 Å². The van der Waals surface area contributed by atoms with E-state index in [0.29, 0.717) is 5.92 Å². The van der Waals surface area contributed by atoms with Crippen molar-refractivity contribution in [2.24, 2.45) is 0 Å². The van der Waals surface area contributed by atoms with E-state index in [2.05, 4.69) is 45.8 Å². The zero-order valence-corrected chi connectivity index (χ0v) is 14.9. The molecular formula is C21H20ClN3. The number of fused-ring (bicyclic) bond motifs is 1. The number of nitrogens with one attached hydrogen (secondary N) is 1. The van der Waals surface area contributed by atoms with Crippen molar-refractivity contribution in [1.82, 2.24) is 15.5 Å². The van der Waals surface area contributed by atoms with Crippen LogP contribution in [0, 0.1) is 6.92 Å². The number of halogens is 1. The van der Waals surface area contributed by atoms with E-state index >= 15 is 0 Å². The predicted molar refractivity (Wildman–Crippen MR) is 102 cm³/mol. The Hall–Kier alpha value is -2.23. The molecule has 1 aromatic heterocycles. The van der Waals surface area contributed by atoms with Gasteiger partial charge >= 0.3 is 0 Å². The smallest absolute Gasteiger partial charge is 0.0929 e. The van der Waals surface area contributed by atoms with Crippen molar-refractivity contribution < 1.29 is 0 Å². The molecule has 126 valence electrons. The molecule has 0 radical (unpaired) electrons. The van der Waals surface area contributed by atoms with Crippen LogP contribution in [0.2, 0.25) is 5.02 Å². The van der Waals surface area contributed by atoms with Crippen molar-refractivity contribution >= 4 is 11.6 Å². The molecule has 1 unspecified atom stereocenters. The Morgan fingerprint density at radius 3 is 2.60 bits per heavy atom. The summed E-state index contributed by atoms with van der Waals surface area (Å²) in [6, 6.07) is 18.9. The normalized spacial score (nSPS) is 17.0. The van der Waals surface area contributed by atoms with Gasteiger partial charge in [0.05, 0.1) is 11.4 Å². The molecule has 1 aliphatic rings. The van der Waals surface area contributed by atoms with Gasteiger partial charge in [-0.3, -0.25) is 0 Å². The SMILES string of the molecule is Cc1ccc(-c2ccc3c(c2)CNCCC3c2ccc(Cl)cc2)nn1. The number of nitrogens with zero attached hydrogens (tertiary/aromatic N) is 2. The van der Waals surface area contributed by atoms with Crippen LogP contribution in [0.4, 0.5) is 0 Å². The Balaban J connectivity index is 1.74. The number of rotatable bonds is 2. The van der Waals surface area contributed by atoms with E-state index in [1.54, 1.807) is 0 Å². The Labute approximate surface area is 153 Å². The molecule has 0 amide bonds. The average molecular weight is 350 g/mol. The predicted octanol–water partition coefficient (Wildman–Crippen LogP) is 4.73. The average Bonchev–Trinajstić information content (AvgIpc) is 2.85. The fraction of sp³-hybridized carbons (Fsp3) is 0.238. The molecule has 2 aromatic carbocycles. The molecule has 0 saturated heterocycles. The van der Waals surface area contributed by atoms with Gasteiger partial charge in [0.2, 0.25) is 0 Å². The van der Waals surface area contributed by atoms with Crippen LogP contribution in [0.1, 0.15) is 34.7 Å². The molecule has 4 rings (SSSR count).